The van der Waals surface area contributed by atoms with Crippen molar-refractivity contribution in [2.45, 2.75) is 13.0 Å². The number of nitrogens with one attached hydrogen (secondary N) is 1. The molecular formula is C10H22N2O3S. The minimum absolute atomic E-state index is 0.188. The number of ether oxygens (including phenoxy) is 1. The van der Waals surface area contributed by atoms with E-state index in [0.717, 1.165) is 32.8 Å². The van der Waals surface area contributed by atoms with Crippen LogP contribution in [0.1, 0.15) is 6.92 Å². The lowest BCUT2D eigenvalue weighted by atomic mass is 10.2. The lowest BCUT2D eigenvalue weighted by Crippen LogP contribution is -2.46. The Morgan fingerprint density at radius 2 is 2.25 bits per heavy atom. The zero-order valence-corrected chi connectivity index (χ0v) is 10.9. The lowest BCUT2D eigenvalue weighted by molar-refractivity contribution is -0.0249. The Labute approximate surface area is 98.1 Å². The molecule has 96 valence electrons. The molecule has 1 saturated heterocycles. The highest BCUT2D eigenvalue weighted by Gasteiger charge is 2.18. The van der Waals surface area contributed by atoms with E-state index in [9.17, 15) is 8.42 Å². The molecule has 0 radical (unpaired) electrons. The maximum atomic E-state index is 10.9. The van der Waals surface area contributed by atoms with Crippen molar-refractivity contribution >= 4 is 9.84 Å². The van der Waals surface area contributed by atoms with Crippen LogP contribution in [0.3, 0.4) is 0 Å². The van der Waals surface area contributed by atoms with Crippen molar-refractivity contribution in [2.24, 2.45) is 0 Å². The molecule has 5 nitrogen and oxygen atoms in total. The van der Waals surface area contributed by atoms with E-state index < -0.39 is 9.84 Å². The highest BCUT2D eigenvalue weighted by Crippen LogP contribution is 2.03. The molecule has 6 heteroatoms. The number of hydrogen-bond donors (Lipinski definition) is 1. The number of morpholine rings is 1. The summed E-state index contributed by atoms with van der Waals surface area (Å²) in [6.45, 7) is 7.12. The van der Waals surface area contributed by atoms with Gasteiger partial charge < -0.3 is 10.1 Å². The van der Waals surface area contributed by atoms with Gasteiger partial charge in [0.25, 0.3) is 0 Å². The smallest absolute Gasteiger partial charge is 0.148 e. The van der Waals surface area contributed by atoms with Gasteiger partial charge in [-0.05, 0) is 6.54 Å². The molecule has 0 spiro atoms. The van der Waals surface area contributed by atoms with Gasteiger partial charge in [0, 0.05) is 32.4 Å². The van der Waals surface area contributed by atoms with E-state index in [-0.39, 0.29) is 11.9 Å². The third-order valence-corrected chi connectivity index (χ3v) is 3.64. The SMILES string of the molecule is CCN1CCOC(CNCCS(C)(=O)=O)C1. The fourth-order valence-corrected chi connectivity index (χ4v) is 2.23. The van der Waals surface area contributed by atoms with Gasteiger partial charge in [-0.15, -0.1) is 0 Å². The van der Waals surface area contributed by atoms with Gasteiger partial charge in [0.15, 0.2) is 0 Å². The molecule has 1 unspecified atom stereocenters. The molecule has 0 aromatic carbocycles. The molecule has 1 fully saturated rings. The monoisotopic (exact) mass is 250 g/mol. The van der Waals surface area contributed by atoms with E-state index in [0.29, 0.717) is 6.54 Å². The molecule has 1 atom stereocenters. The molecule has 1 rings (SSSR count). The summed E-state index contributed by atoms with van der Waals surface area (Å²) in [6.07, 6.45) is 1.44. The van der Waals surface area contributed by atoms with Crippen LogP contribution in [-0.4, -0.2) is 70.8 Å². The van der Waals surface area contributed by atoms with E-state index in [2.05, 4.69) is 17.1 Å². The third kappa shape index (κ3) is 5.79. The van der Waals surface area contributed by atoms with Gasteiger partial charge in [-0.2, -0.15) is 0 Å². The number of nitrogens with zero attached hydrogens (tertiary/aromatic N) is 1. The quantitative estimate of drug-likeness (QED) is 0.634. The highest BCUT2D eigenvalue weighted by molar-refractivity contribution is 7.90. The summed E-state index contributed by atoms with van der Waals surface area (Å²) >= 11 is 0. The Hall–Kier alpha value is -0.170. The van der Waals surface area contributed by atoms with Crippen LogP contribution in [0.5, 0.6) is 0 Å². The highest BCUT2D eigenvalue weighted by atomic mass is 32.2. The van der Waals surface area contributed by atoms with Crippen molar-refractivity contribution < 1.29 is 13.2 Å². The van der Waals surface area contributed by atoms with Crippen LogP contribution in [0.2, 0.25) is 0 Å². The van der Waals surface area contributed by atoms with E-state index >= 15 is 0 Å². The maximum absolute atomic E-state index is 10.9. The molecular weight excluding hydrogens is 228 g/mol. The van der Waals surface area contributed by atoms with Crippen LogP contribution in [-0.2, 0) is 14.6 Å². The Morgan fingerprint density at radius 3 is 2.88 bits per heavy atom. The molecule has 0 bridgehead atoms. The largest absolute Gasteiger partial charge is 0.374 e. The summed E-state index contributed by atoms with van der Waals surface area (Å²) in [4.78, 5) is 2.34. The van der Waals surface area contributed by atoms with Crippen LogP contribution in [0.4, 0.5) is 0 Å². The van der Waals surface area contributed by atoms with Crippen molar-refractivity contribution in [1.29, 1.82) is 0 Å². The van der Waals surface area contributed by atoms with E-state index in [1.807, 2.05) is 0 Å². The van der Waals surface area contributed by atoms with E-state index in [1.165, 1.54) is 6.26 Å². The molecule has 0 amide bonds. The van der Waals surface area contributed by atoms with E-state index in [4.69, 9.17) is 4.74 Å². The van der Waals surface area contributed by atoms with Crippen LogP contribution in [0.25, 0.3) is 0 Å². The second-order valence-electron chi connectivity index (χ2n) is 4.22. The first kappa shape index (κ1) is 13.9. The third-order valence-electron chi connectivity index (χ3n) is 2.69. The van der Waals surface area contributed by atoms with Crippen LogP contribution in [0, 0.1) is 0 Å². The zero-order chi connectivity index (χ0) is 12.0. The molecule has 1 aliphatic heterocycles. The molecule has 0 aliphatic carbocycles. The average Bonchev–Trinajstić information content (AvgIpc) is 2.23. The Morgan fingerprint density at radius 1 is 1.50 bits per heavy atom. The molecule has 1 N–H and O–H groups in total. The first-order valence-corrected chi connectivity index (χ1v) is 7.79. The number of sulfone groups is 1. The molecule has 1 aliphatic rings. The second kappa shape index (κ2) is 6.54. The number of rotatable bonds is 6. The minimum Gasteiger partial charge on any atom is -0.374 e. The van der Waals surface area contributed by atoms with Gasteiger partial charge in [0.1, 0.15) is 9.84 Å². The summed E-state index contributed by atoms with van der Waals surface area (Å²) < 4.78 is 27.4. The van der Waals surface area contributed by atoms with Crippen molar-refractivity contribution in [3.63, 3.8) is 0 Å². The summed E-state index contributed by atoms with van der Waals surface area (Å²) in [6, 6.07) is 0. The fraction of sp³-hybridized carbons (Fsp3) is 1.00. The van der Waals surface area contributed by atoms with Gasteiger partial charge in [-0.1, -0.05) is 6.92 Å². The fourth-order valence-electron chi connectivity index (χ4n) is 1.71. The predicted octanol–water partition coefficient (Wildman–Crippen LogP) is -0.659. The summed E-state index contributed by atoms with van der Waals surface area (Å²) in [5.41, 5.74) is 0. The molecule has 1 heterocycles. The molecule has 0 aromatic rings. The Kier molecular flexibility index (Phi) is 5.68. The standard InChI is InChI=1S/C10H22N2O3S/c1-3-12-5-6-15-10(9-12)8-11-4-7-16(2,13)14/h10-11H,3-9H2,1-2H3. The van der Waals surface area contributed by atoms with Crippen LogP contribution in [0.15, 0.2) is 0 Å². The van der Waals surface area contributed by atoms with Gasteiger partial charge >= 0.3 is 0 Å². The summed E-state index contributed by atoms with van der Waals surface area (Å²) in [7, 11) is -2.86. The maximum Gasteiger partial charge on any atom is 0.148 e. The van der Waals surface area contributed by atoms with Crippen molar-refractivity contribution in [2.75, 3.05) is 51.3 Å². The number of hydrogen-bond acceptors (Lipinski definition) is 5. The molecule has 0 saturated carbocycles. The van der Waals surface area contributed by atoms with Crippen molar-refractivity contribution in [3.8, 4) is 0 Å². The van der Waals surface area contributed by atoms with E-state index in [1.54, 1.807) is 0 Å². The lowest BCUT2D eigenvalue weighted by Gasteiger charge is -2.32. The number of likely N-dealkylation sites (N-methyl/N-ethyl adjacent to an activating group) is 1. The Bertz CT molecular complexity index is 292. The molecule has 0 aromatic heterocycles. The summed E-state index contributed by atoms with van der Waals surface area (Å²) in [5.74, 6) is 0.192. The van der Waals surface area contributed by atoms with Gasteiger partial charge in [-0.3, -0.25) is 4.90 Å². The topological polar surface area (TPSA) is 58.6 Å². The van der Waals surface area contributed by atoms with Gasteiger partial charge in [0.2, 0.25) is 0 Å². The molecule has 16 heavy (non-hydrogen) atoms. The second-order valence-corrected chi connectivity index (χ2v) is 6.48. The van der Waals surface area contributed by atoms with Crippen molar-refractivity contribution in [3.05, 3.63) is 0 Å². The first-order chi connectivity index (χ1) is 7.51. The zero-order valence-electron chi connectivity index (χ0n) is 10.1. The van der Waals surface area contributed by atoms with Crippen LogP contribution < -0.4 is 5.32 Å². The average molecular weight is 250 g/mol. The normalized spacial score (nSPS) is 23.5. The van der Waals surface area contributed by atoms with Gasteiger partial charge in [-0.25, -0.2) is 8.42 Å². The minimum atomic E-state index is -2.86. The predicted molar refractivity (Wildman–Crippen MR) is 64.4 cm³/mol. The van der Waals surface area contributed by atoms with Gasteiger partial charge in [0.05, 0.1) is 18.5 Å². The first-order valence-electron chi connectivity index (χ1n) is 5.73. The summed E-state index contributed by atoms with van der Waals surface area (Å²) in [5, 5.41) is 3.13. The van der Waals surface area contributed by atoms with Crippen molar-refractivity contribution in [1.82, 2.24) is 10.2 Å². The Balaban J connectivity index is 2.13. The van der Waals surface area contributed by atoms with Crippen LogP contribution >= 0.6 is 0 Å².